The Hall–Kier alpha value is 0.350. The van der Waals surface area contributed by atoms with Crippen LogP contribution in [0.5, 0.6) is 0 Å². The van der Waals surface area contributed by atoms with Crippen molar-refractivity contribution in [3.05, 3.63) is 6.42 Å². The Bertz CT molecular complexity index is 25.1. The van der Waals surface area contributed by atoms with Crippen LogP contribution < -0.4 is 0 Å². The third kappa shape index (κ3) is 4.35. The standard InChI is InChI=1S/C5H11S/c1-3-4-5(2)6/h4-6H,3H2,1-2H3. The summed E-state index contributed by atoms with van der Waals surface area (Å²) < 4.78 is 0. The Morgan fingerprint density at radius 2 is 2.33 bits per heavy atom. The molecule has 0 aliphatic heterocycles. The summed E-state index contributed by atoms with van der Waals surface area (Å²) in [6.07, 6.45) is 3.29. The second-order valence-electron chi connectivity index (χ2n) is 1.38. The number of hydrogen-bond acceptors (Lipinski definition) is 1. The van der Waals surface area contributed by atoms with Crippen LogP contribution in [0.25, 0.3) is 0 Å². The fraction of sp³-hybridized carbons (Fsp3) is 0.800. The van der Waals surface area contributed by atoms with Gasteiger partial charge < -0.3 is 0 Å². The first kappa shape index (κ1) is 6.35. The van der Waals surface area contributed by atoms with Gasteiger partial charge in [-0.3, -0.25) is 0 Å². The maximum Gasteiger partial charge on any atom is 0.00196 e. The van der Waals surface area contributed by atoms with Crippen LogP contribution in [0.1, 0.15) is 20.3 Å². The minimum absolute atomic E-state index is 0.468. The van der Waals surface area contributed by atoms with Crippen molar-refractivity contribution in [2.75, 3.05) is 0 Å². The van der Waals surface area contributed by atoms with Gasteiger partial charge in [0.05, 0.1) is 0 Å². The van der Waals surface area contributed by atoms with E-state index in [2.05, 4.69) is 32.9 Å². The van der Waals surface area contributed by atoms with Gasteiger partial charge in [0, 0.05) is 5.25 Å². The van der Waals surface area contributed by atoms with Crippen molar-refractivity contribution in [3.63, 3.8) is 0 Å². The molecule has 0 saturated heterocycles. The molecule has 0 rings (SSSR count). The summed E-state index contributed by atoms with van der Waals surface area (Å²) in [7, 11) is 0. The quantitative estimate of drug-likeness (QED) is 0.507. The average Bonchev–Trinajstić information content (AvgIpc) is 1.35. The highest BCUT2D eigenvalue weighted by molar-refractivity contribution is 7.81. The number of thiol groups is 1. The van der Waals surface area contributed by atoms with Crippen LogP contribution in [-0.4, -0.2) is 5.25 Å². The van der Waals surface area contributed by atoms with Gasteiger partial charge in [0.1, 0.15) is 0 Å². The van der Waals surface area contributed by atoms with Crippen LogP contribution in [-0.2, 0) is 0 Å². The van der Waals surface area contributed by atoms with Crippen molar-refractivity contribution < 1.29 is 0 Å². The fourth-order valence-corrected chi connectivity index (χ4v) is 0.552. The zero-order valence-corrected chi connectivity index (χ0v) is 5.20. The highest BCUT2D eigenvalue weighted by Gasteiger charge is 1.87. The van der Waals surface area contributed by atoms with Gasteiger partial charge in [-0.05, 0) is 6.42 Å². The van der Waals surface area contributed by atoms with Crippen molar-refractivity contribution in [2.45, 2.75) is 25.5 Å². The van der Waals surface area contributed by atoms with Gasteiger partial charge in [0.25, 0.3) is 0 Å². The summed E-state index contributed by atoms with van der Waals surface area (Å²) in [5.41, 5.74) is 0. The van der Waals surface area contributed by atoms with Gasteiger partial charge in [-0.1, -0.05) is 20.3 Å². The first-order chi connectivity index (χ1) is 2.77. The molecule has 1 radical (unpaired) electrons. The molecule has 0 aromatic rings. The molecule has 0 N–H and O–H groups in total. The molecule has 0 aliphatic rings. The van der Waals surface area contributed by atoms with Gasteiger partial charge in [-0.25, -0.2) is 0 Å². The first-order valence-electron chi connectivity index (χ1n) is 2.28. The molecule has 0 saturated carbocycles. The molecule has 0 spiro atoms. The molecular weight excluding hydrogens is 92.1 g/mol. The molecule has 0 nitrogen and oxygen atoms in total. The first-order valence-corrected chi connectivity index (χ1v) is 2.80. The summed E-state index contributed by atoms with van der Waals surface area (Å²) in [6, 6.07) is 0. The van der Waals surface area contributed by atoms with Crippen molar-refractivity contribution in [1.29, 1.82) is 0 Å². The molecule has 6 heavy (non-hydrogen) atoms. The maximum absolute atomic E-state index is 4.12. The maximum atomic E-state index is 4.12. The zero-order valence-electron chi connectivity index (χ0n) is 4.31. The van der Waals surface area contributed by atoms with Crippen LogP contribution in [0.15, 0.2) is 0 Å². The Morgan fingerprint density at radius 1 is 1.83 bits per heavy atom. The lowest BCUT2D eigenvalue weighted by molar-refractivity contribution is 0.991. The molecule has 0 fully saturated rings. The zero-order chi connectivity index (χ0) is 4.99. The Morgan fingerprint density at radius 3 is 2.33 bits per heavy atom. The number of rotatable bonds is 2. The molecule has 0 bridgehead atoms. The third-order valence-corrected chi connectivity index (χ3v) is 0.788. The lowest BCUT2D eigenvalue weighted by atomic mass is 10.3. The molecule has 37 valence electrons. The summed E-state index contributed by atoms with van der Waals surface area (Å²) in [5, 5.41) is 0.468. The molecule has 1 unspecified atom stereocenters. The lowest BCUT2D eigenvalue weighted by Gasteiger charge is -1.94. The Kier molecular flexibility index (Phi) is 3.74. The van der Waals surface area contributed by atoms with E-state index in [1.165, 1.54) is 0 Å². The minimum Gasteiger partial charge on any atom is -0.176 e. The molecule has 0 aromatic carbocycles. The van der Waals surface area contributed by atoms with Crippen molar-refractivity contribution >= 4 is 12.6 Å². The SMILES string of the molecule is CC[CH]C(C)S. The normalized spacial score (nSPS) is 14.5. The van der Waals surface area contributed by atoms with Gasteiger partial charge in [-0.15, -0.1) is 0 Å². The van der Waals surface area contributed by atoms with Crippen LogP contribution in [0, 0.1) is 6.42 Å². The number of hydrogen-bond donors (Lipinski definition) is 1. The largest absolute Gasteiger partial charge is 0.176 e. The van der Waals surface area contributed by atoms with E-state index in [0.717, 1.165) is 6.42 Å². The van der Waals surface area contributed by atoms with Crippen molar-refractivity contribution in [3.8, 4) is 0 Å². The van der Waals surface area contributed by atoms with Gasteiger partial charge in [-0.2, -0.15) is 12.6 Å². The van der Waals surface area contributed by atoms with Crippen LogP contribution in [0.3, 0.4) is 0 Å². The van der Waals surface area contributed by atoms with Crippen molar-refractivity contribution in [1.82, 2.24) is 0 Å². The van der Waals surface area contributed by atoms with Crippen LogP contribution >= 0.6 is 12.6 Å². The van der Waals surface area contributed by atoms with E-state index in [1.807, 2.05) is 0 Å². The smallest absolute Gasteiger partial charge is 0.00196 e. The topological polar surface area (TPSA) is 0 Å². The second kappa shape index (κ2) is 3.54. The average molecular weight is 103 g/mol. The summed E-state index contributed by atoms with van der Waals surface area (Å²) in [6.45, 7) is 4.18. The highest BCUT2D eigenvalue weighted by atomic mass is 32.1. The molecule has 1 atom stereocenters. The van der Waals surface area contributed by atoms with Gasteiger partial charge >= 0.3 is 0 Å². The van der Waals surface area contributed by atoms with E-state index in [1.54, 1.807) is 0 Å². The third-order valence-electron chi connectivity index (χ3n) is 0.577. The second-order valence-corrected chi connectivity index (χ2v) is 2.20. The minimum atomic E-state index is 0.468. The van der Waals surface area contributed by atoms with Gasteiger partial charge in [0.15, 0.2) is 0 Å². The Balaban J connectivity index is 2.63. The van der Waals surface area contributed by atoms with Crippen LogP contribution in [0.2, 0.25) is 0 Å². The summed E-state index contributed by atoms with van der Waals surface area (Å²) in [5.74, 6) is 0. The van der Waals surface area contributed by atoms with E-state index in [4.69, 9.17) is 0 Å². The monoisotopic (exact) mass is 103 g/mol. The summed E-state index contributed by atoms with van der Waals surface area (Å²) >= 11 is 4.12. The van der Waals surface area contributed by atoms with E-state index < -0.39 is 0 Å². The molecule has 0 aliphatic carbocycles. The molecule has 0 heterocycles. The van der Waals surface area contributed by atoms with Crippen LogP contribution in [0.4, 0.5) is 0 Å². The molecular formula is C5H11S. The molecule has 0 amide bonds. The van der Waals surface area contributed by atoms with Gasteiger partial charge in [0.2, 0.25) is 0 Å². The molecule has 0 aromatic heterocycles. The van der Waals surface area contributed by atoms with E-state index in [9.17, 15) is 0 Å². The van der Waals surface area contributed by atoms with E-state index in [-0.39, 0.29) is 0 Å². The molecule has 1 heteroatoms. The predicted molar refractivity (Wildman–Crippen MR) is 33.0 cm³/mol. The fourth-order valence-electron chi connectivity index (χ4n) is 0.341. The Labute approximate surface area is 45.4 Å². The highest BCUT2D eigenvalue weighted by Crippen LogP contribution is 1.98. The lowest BCUT2D eigenvalue weighted by Crippen LogP contribution is -1.87. The van der Waals surface area contributed by atoms with E-state index >= 15 is 0 Å². The summed E-state index contributed by atoms with van der Waals surface area (Å²) in [4.78, 5) is 0. The van der Waals surface area contributed by atoms with E-state index in [0.29, 0.717) is 5.25 Å². The predicted octanol–water partition coefficient (Wildman–Crippen LogP) is 1.92. The van der Waals surface area contributed by atoms with Crippen molar-refractivity contribution in [2.24, 2.45) is 0 Å².